The van der Waals surface area contributed by atoms with Gasteiger partial charge >= 0.3 is 0 Å². The highest BCUT2D eigenvalue weighted by atomic mass is 16.6. The molecule has 9 nitrogen and oxygen atoms in total. The first kappa shape index (κ1) is 19.3. The molecule has 1 fully saturated rings. The third-order valence-electron chi connectivity index (χ3n) is 4.23. The van der Waals surface area contributed by atoms with Crippen LogP contribution in [0.1, 0.15) is 17.3 Å². The number of amides is 2. The molecule has 2 N–H and O–H groups in total. The number of nitro benzene ring substituents is 1. The zero-order chi connectivity index (χ0) is 20.1. The third-order valence-corrected chi connectivity index (χ3v) is 4.23. The number of carbonyl (C=O) groups is 2. The van der Waals surface area contributed by atoms with Crippen LogP contribution in [0.5, 0.6) is 0 Å². The molecule has 146 valence electrons. The minimum absolute atomic E-state index is 0.124. The number of morpholine rings is 1. The Labute approximate surface area is 161 Å². The monoisotopic (exact) mass is 384 g/mol. The number of anilines is 3. The molecule has 0 spiro atoms. The summed E-state index contributed by atoms with van der Waals surface area (Å²) in [6, 6.07) is 11.1. The van der Waals surface area contributed by atoms with Crippen LogP contribution in [0.4, 0.5) is 22.7 Å². The minimum Gasteiger partial charge on any atom is -0.378 e. The first-order valence-electron chi connectivity index (χ1n) is 8.74. The third kappa shape index (κ3) is 4.63. The number of rotatable bonds is 5. The maximum Gasteiger partial charge on any atom is 0.293 e. The lowest BCUT2D eigenvalue weighted by atomic mass is 10.1. The van der Waals surface area contributed by atoms with Crippen LogP contribution in [-0.4, -0.2) is 43.0 Å². The molecule has 0 unspecified atom stereocenters. The number of nitrogens with zero attached hydrogens (tertiary/aromatic N) is 2. The molecule has 1 aliphatic heterocycles. The maximum absolute atomic E-state index is 12.6. The van der Waals surface area contributed by atoms with E-state index in [4.69, 9.17) is 4.74 Å². The SMILES string of the molecule is CC(=O)Nc1cccc(NC(=O)c2ccc(N3CCOCC3)c([N+](=O)[O-])c2)c1. The number of hydrogen-bond acceptors (Lipinski definition) is 6. The Morgan fingerprint density at radius 1 is 1.07 bits per heavy atom. The molecule has 0 atom stereocenters. The lowest BCUT2D eigenvalue weighted by Crippen LogP contribution is -2.36. The van der Waals surface area contributed by atoms with Gasteiger partial charge in [0.2, 0.25) is 5.91 Å². The average molecular weight is 384 g/mol. The van der Waals surface area contributed by atoms with Crippen LogP contribution in [0.15, 0.2) is 42.5 Å². The van der Waals surface area contributed by atoms with Gasteiger partial charge in [0, 0.05) is 43.0 Å². The molecule has 1 aliphatic rings. The Hall–Kier alpha value is -3.46. The summed E-state index contributed by atoms with van der Waals surface area (Å²) in [5.74, 6) is -0.700. The predicted octanol–water partition coefficient (Wildman–Crippen LogP) is 2.64. The fourth-order valence-corrected chi connectivity index (χ4v) is 2.96. The number of nitro groups is 1. The summed E-state index contributed by atoms with van der Waals surface area (Å²) in [7, 11) is 0. The van der Waals surface area contributed by atoms with Gasteiger partial charge in [0.15, 0.2) is 0 Å². The van der Waals surface area contributed by atoms with Crippen molar-refractivity contribution >= 4 is 34.6 Å². The molecular weight excluding hydrogens is 364 g/mol. The normalized spacial score (nSPS) is 13.7. The average Bonchev–Trinajstić information content (AvgIpc) is 2.68. The van der Waals surface area contributed by atoms with E-state index in [0.29, 0.717) is 43.4 Å². The Kier molecular flexibility index (Phi) is 5.85. The summed E-state index contributed by atoms with van der Waals surface area (Å²) < 4.78 is 5.28. The Morgan fingerprint density at radius 3 is 2.39 bits per heavy atom. The van der Waals surface area contributed by atoms with E-state index in [1.54, 1.807) is 36.4 Å². The Balaban J connectivity index is 1.81. The van der Waals surface area contributed by atoms with E-state index in [0.717, 1.165) is 0 Å². The van der Waals surface area contributed by atoms with Crippen LogP contribution in [0.2, 0.25) is 0 Å². The summed E-state index contributed by atoms with van der Waals surface area (Å²) in [5.41, 5.74) is 1.53. The fraction of sp³-hybridized carbons (Fsp3) is 0.263. The van der Waals surface area contributed by atoms with Crippen LogP contribution in [0.3, 0.4) is 0 Å². The molecule has 2 aromatic carbocycles. The molecule has 28 heavy (non-hydrogen) atoms. The largest absolute Gasteiger partial charge is 0.378 e. The Morgan fingerprint density at radius 2 is 1.75 bits per heavy atom. The summed E-state index contributed by atoms with van der Waals surface area (Å²) in [6.45, 7) is 3.51. The van der Waals surface area contributed by atoms with Crippen molar-refractivity contribution in [2.24, 2.45) is 0 Å². The van der Waals surface area contributed by atoms with E-state index in [1.165, 1.54) is 13.0 Å². The minimum atomic E-state index is -0.487. The van der Waals surface area contributed by atoms with E-state index < -0.39 is 10.8 Å². The molecule has 0 bridgehead atoms. The fourth-order valence-electron chi connectivity index (χ4n) is 2.96. The van der Waals surface area contributed by atoms with E-state index in [9.17, 15) is 19.7 Å². The number of nitrogens with one attached hydrogen (secondary N) is 2. The van der Waals surface area contributed by atoms with Crippen LogP contribution in [0, 0.1) is 10.1 Å². The lowest BCUT2D eigenvalue weighted by molar-refractivity contribution is -0.384. The van der Waals surface area contributed by atoms with Gasteiger partial charge in [0.25, 0.3) is 11.6 Å². The van der Waals surface area contributed by atoms with Gasteiger partial charge in [-0.2, -0.15) is 0 Å². The van der Waals surface area contributed by atoms with E-state index in [-0.39, 0.29) is 17.2 Å². The van der Waals surface area contributed by atoms with Gasteiger partial charge in [0.1, 0.15) is 5.69 Å². The first-order valence-corrected chi connectivity index (χ1v) is 8.74. The zero-order valence-electron chi connectivity index (χ0n) is 15.3. The van der Waals surface area contributed by atoms with Gasteiger partial charge in [-0.05, 0) is 30.3 Å². The second-order valence-corrected chi connectivity index (χ2v) is 6.28. The van der Waals surface area contributed by atoms with Crippen molar-refractivity contribution in [1.29, 1.82) is 0 Å². The molecule has 1 saturated heterocycles. The van der Waals surface area contributed by atoms with Crippen molar-refractivity contribution in [3.05, 3.63) is 58.1 Å². The van der Waals surface area contributed by atoms with Gasteiger partial charge in [0.05, 0.1) is 18.1 Å². The zero-order valence-corrected chi connectivity index (χ0v) is 15.3. The van der Waals surface area contributed by atoms with Crippen molar-refractivity contribution < 1.29 is 19.2 Å². The molecule has 2 amide bonds. The van der Waals surface area contributed by atoms with Crippen molar-refractivity contribution in [2.75, 3.05) is 41.8 Å². The number of ether oxygens (including phenoxy) is 1. The molecule has 0 aromatic heterocycles. The quantitative estimate of drug-likeness (QED) is 0.605. The lowest BCUT2D eigenvalue weighted by Gasteiger charge is -2.28. The number of carbonyl (C=O) groups excluding carboxylic acids is 2. The van der Waals surface area contributed by atoms with Crippen LogP contribution in [0.25, 0.3) is 0 Å². The van der Waals surface area contributed by atoms with Crippen molar-refractivity contribution in [3.63, 3.8) is 0 Å². The molecule has 0 aliphatic carbocycles. The van der Waals surface area contributed by atoms with E-state index in [1.807, 2.05) is 4.90 Å². The standard InChI is InChI=1S/C19H20N4O5/c1-13(24)20-15-3-2-4-16(12-15)21-19(25)14-5-6-17(18(11-14)23(26)27)22-7-9-28-10-8-22/h2-6,11-12H,7-10H2,1H3,(H,20,24)(H,21,25). The van der Waals surface area contributed by atoms with Gasteiger partial charge < -0.3 is 20.3 Å². The molecule has 0 saturated carbocycles. The summed E-state index contributed by atoms with van der Waals surface area (Å²) in [5, 5.41) is 16.8. The molecule has 0 radical (unpaired) electrons. The predicted molar refractivity (Wildman–Crippen MR) is 105 cm³/mol. The second-order valence-electron chi connectivity index (χ2n) is 6.28. The summed E-state index contributed by atoms with van der Waals surface area (Å²) >= 11 is 0. The number of benzene rings is 2. The van der Waals surface area contributed by atoms with Crippen molar-refractivity contribution in [2.45, 2.75) is 6.92 Å². The van der Waals surface area contributed by atoms with Gasteiger partial charge in [-0.1, -0.05) is 6.07 Å². The van der Waals surface area contributed by atoms with Crippen LogP contribution in [-0.2, 0) is 9.53 Å². The van der Waals surface area contributed by atoms with E-state index in [2.05, 4.69) is 10.6 Å². The molecule has 3 rings (SSSR count). The smallest absolute Gasteiger partial charge is 0.293 e. The van der Waals surface area contributed by atoms with Crippen molar-refractivity contribution in [3.8, 4) is 0 Å². The highest BCUT2D eigenvalue weighted by Gasteiger charge is 2.23. The topological polar surface area (TPSA) is 114 Å². The second kappa shape index (κ2) is 8.49. The van der Waals surface area contributed by atoms with Gasteiger partial charge in [-0.3, -0.25) is 19.7 Å². The highest BCUT2D eigenvalue weighted by molar-refractivity contribution is 6.05. The maximum atomic E-state index is 12.6. The molecule has 1 heterocycles. The van der Waals surface area contributed by atoms with Crippen LogP contribution >= 0.6 is 0 Å². The Bertz CT molecular complexity index is 909. The molecule has 2 aromatic rings. The highest BCUT2D eigenvalue weighted by Crippen LogP contribution is 2.30. The first-order chi connectivity index (χ1) is 13.4. The van der Waals surface area contributed by atoms with Crippen molar-refractivity contribution in [1.82, 2.24) is 0 Å². The molecular formula is C19H20N4O5. The summed E-state index contributed by atoms with van der Waals surface area (Å²) in [4.78, 5) is 36.6. The summed E-state index contributed by atoms with van der Waals surface area (Å²) in [6.07, 6.45) is 0. The van der Waals surface area contributed by atoms with E-state index >= 15 is 0 Å². The van der Waals surface area contributed by atoms with Crippen LogP contribution < -0.4 is 15.5 Å². The van der Waals surface area contributed by atoms with Gasteiger partial charge in [-0.25, -0.2) is 0 Å². The molecule has 9 heteroatoms. The number of hydrogen-bond donors (Lipinski definition) is 2. The van der Waals surface area contributed by atoms with Gasteiger partial charge in [-0.15, -0.1) is 0 Å².